The third kappa shape index (κ3) is 4.88. The Balaban J connectivity index is 1.83. The average molecular weight is 376 g/mol. The summed E-state index contributed by atoms with van der Waals surface area (Å²) in [4.78, 5) is 17.0. The van der Waals surface area contributed by atoms with Gasteiger partial charge in [-0.1, -0.05) is 24.3 Å². The van der Waals surface area contributed by atoms with Gasteiger partial charge in [0.05, 0.1) is 25.8 Å². The fourth-order valence-corrected chi connectivity index (χ4v) is 2.93. The monoisotopic (exact) mass is 376 g/mol. The molecule has 0 spiro atoms. The molecule has 0 saturated heterocycles. The van der Waals surface area contributed by atoms with Crippen molar-refractivity contribution in [3.05, 3.63) is 89.2 Å². The lowest BCUT2D eigenvalue weighted by Crippen LogP contribution is -2.30. The van der Waals surface area contributed by atoms with Crippen LogP contribution in [0.2, 0.25) is 0 Å². The number of nitrogens with one attached hydrogen (secondary N) is 1. The molecule has 28 heavy (non-hydrogen) atoms. The quantitative estimate of drug-likeness (QED) is 0.674. The number of nitrogens with zero attached hydrogens (tertiary/aromatic N) is 1. The van der Waals surface area contributed by atoms with Crippen molar-refractivity contribution < 1.29 is 14.3 Å². The van der Waals surface area contributed by atoms with Crippen LogP contribution < -0.4 is 14.8 Å². The van der Waals surface area contributed by atoms with Gasteiger partial charge in [0.25, 0.3) is 5.91 Å². The van der Waals surface area contributed by atoms with E-state index in [9.17, 15) is 4.79 Å². The molecule has 0 radical (unpaired) electrons. The molecule has 1 heterocycles. The molecule has 1 amide bonds. The van der Waals surface area contributed by atoms with Crippen molar-refractivity contribution in [1.29, 1.82) is 0 Å². The Hall–Kier alpha value is -3.34. The molecule has 0 saturated carbocycles. The molecule has 0 fully saturated rings. The second-order valence-corrected chi connectivity index (χ2v) is 6.54. The van der Waals surface area contributed by atoms with Crippen LogP contribution in [-0.4, -0.2) is 25.1 Å². The summed E-state index contributed by atoms with van der Waals surface area (Å²) >= 11 is 0. The van der Waals surface area contributed by atoms with Crippen molar-refractivity contribution in [3.63, 3.8) is 0 Å². The fraction of sp³-hybridized carbons (Fsp3) is 0.217. The van der Waals surface area contributed by atoms with Crippen molar-refractivity contribution >= 4 is 5.91 Å². The smallest absolute Gasteiger partial charge is 0.253 e. The van der Waals surface area contributed by atoms with E-state index >= 15 is 0 Å². The summed E-state index contributed by atoms with van der Waals surface area (Å²) in [6.07, 6.45) is 2.25. The molecular weight excluding hydrogens is 352 g/mol. The zero-order valence-corrected chi connectivity index (χ0v) is 16.3. The molecule has 1 aromatic heterocycles. The van der Waals surface area contributed by atoms with Gasteiger partial charge in [-0.3, -0.25) is 9.78 Å². The highest BCUT2D eigenvalue weighted by Gasteiger charge is 2.17. The molecule has 5 heteroatoms. The normalized spacial score (nSPS) is 11.5. The number of rotatable bonds is 7. The summed E-state index contributed by atoms with van der Waals surface area (Å²) in [7, 11) is 3.28. The number of methoxy groups -OCH3 is 2. The lowest BCUT2D eigenvalue weighted by atomic mass is 9.98. The number of benzene rings is 2. The van der Waals surface area contributed by atoms with Crippen LogP contribution in [0.15, 0.2) is 66.9 Å². The van der Waals surface area contributed by atoms with E-state index < -0.39 is 0 Å². The van der Waals surface area contributed by atoms with E-state index in [-0.39, 0.29) is 11.9 Å². The predicted molar refractivity (Wildman–Crippen MR) is 109 cm³/mol. The van der Waals surface area contributed by atoms with Crippen LogP contribution in [0.1, 0.15) is 33.2 Å². The highest BCUT2D eigenvalue weighted by atomic mass is 16.5. The zero-order valence-electron chi connectivity index (χ0n) is 16.3. The largest absolute Gasteiger partial charge is 0.497 e. The molecule has 1 unspecified atom stereocenters. The second kappa shape index (κ2) is 9.04. The summed E-state index contributed by atoms with van der Waals surface area (Å²) < 4.78 is 10.5. The van der Waals surface area contributed by atoms with Crippen molar-refractivity contribution in [2.75, 3.05) is 14.2 Å². The Morgan fingerprint density at radius 2 is 1.54 bits per heavy atom. The summed E-state index contributed by atoms with van der Waals surface area (Å²) in [5.41, 5.74) is 3.52. The SMILES string of the molecule is COc1ccc(CC(NC(=O)c2ccc(C)nc2)c2ccc(OC)cc2)cc1. The minimum Gasteiger partial charge on any atom is -0.497 e. The van der Waals surface area contributed by atoms with Gasteiger partial charge >= 0.3 is 0 Å². The number of hydrogen-bond acceptors (Lipinski definition) is 4. The molecule has 0 bridgehead atoms. The van der Waals surface area contributed by atoms with Crippen molar-refractivity contribution in [1.82, 2.24) is 10.3 Å². The van der Waals surface area contributed by atoms with Crippen LogP contribution in [-0.2, 0) is 6.42 Å². The van der Waals surface area contributed by atoms with E-state index in [1.807, 2.05) is 61.5 Å². The van der Waals surface area contributed by atoms with Gasteiger partial charge in [0.15, 0.2) is 0 Å². The molecule has 3 rings (SSSR count). The molecule has 5 nitrogen and oxygen atoms in total. The topological polar surface area (TPSA) is 60.5 Å². The Morgan fingerprint density at radius 1 is 0.929 bits per heavy atom. The summed E-state index contributed by atoms with van der Waals surface area (Å²) in [6, 6.07) is 19.0. The number of amides is 1. The Labute approximate surface area is 165 Å². The van der Waals surface area contributed by atoms with Gasteiger partial charge in [-0.05, 0) is 60.9 Å². The number of carbonyl (C=O) groups excluding carboxylic acids is 1. The van der Waals surface area contributed by atoms with E-state index in [4.69, 9.17) is 9.47 Å². The first-order valence-corrected chi connectivity index (χ1v) is 9.09. The summed E-state index contributed by atoms with van der Waals surface area (Å²) in [6.45, 7) is 1.89. The number of hydrogen-bond donors (Lipinski definition) is 1. The van der Waals surface area contributed by atoms with Crippen molar-refractivity contribution in [2.45, 2.75) is 19.4 Å². The van der Waals surface area contributed by atoms with E-state index in [0.29, 0.717) is 12.0 Å². The first-order chi connectivity index (χ1) is 13.6. The summed E-state index contributed by atoms with van der Waals surface area (Å²) in [5.74, 6) is 1.43. The van der Waals surface area contributed by atoms with Crippen molar-refractivity contribution in [2.24, 2.45) is 0 Å². The van der Waals surface area contributed by atoms with E-state index in [1.54, 1.807) is 26.5 Å². The second-order valence-electron chi connectivity index (χ2n) is 6.54. The third-order valence-corrected chi connectivity index (χ3v) is 4.60. The Kier molecular flexibility index (Phi) is 6.27. The maximum absolute atomic E-state index is 12.8. The molecule has 144 valence electrons. The van der Waals surface area contributed by atoms with Crippen LogP contribution in [0.5, 0.6) is 11.5 Å². The number of aromatic nitrogens is 1. The molecule has 1 atom stereocenters. The molecule has 1 N–H and O–H groups in total. The molecule has 2 aromatic carbocycles. The standard InChI is InChI=1S/C23H24N2O3/c1-16-4-7-19(15-24-16)23(26)25-22(18-8-12-21(28-3)13-9-18)14-17-5-10-20(27-2)11-6-17/h4-13,15,22H,14H2,1-3H3,(H,25,26). The fourth-order valence-electron chi connectivity index (χ4n) is 2.93. The van der Waals surface area contributed by atoms with E-state index in [1.165, 1.54) is 0 Å². The van der Waals surface area contributed by atoms with Gasteiger partial charge in [-0.2, -0.15) is 0 Å². The van der Waals surface area contributed by atoms with Crippen LogP contribution in [0.4, 0.5) is 0 Å². The molecular formula is C23H24N2O3. The first kappa shape index (κ1) is 19.4. The molecule has 0 aliphatic carbocycles. The van der Waals surface area contributed by atoms with Gasteiger partial charge in [-0.15, -0.1) is 0 Å². The average Bonchev–Trinajstić information content (AvgIpc) is 2.74. The highest BCUT2D eigenvalue weighted by molar-refractivity contribution is 5.94. The minimum absolute atomic E-state index is 0.151. The predicted octanol–water partition coefficient (Wildman–Crippen LogP) is 4.12. The molecule has 0 aliphatic rings. The van der Waals surface area contributed by atoms with Crippen LogP contribution in [0, 0.1) is 6.92 Å². The van der Waals surface area contributed by atoms with E-state index in [0.717, 1.165) is 28.3 Å². The summed E-state index contributed by atoms with van der Waals surface area (Å²) in [5, 5.41) is 3.13. The molecule has 3 aromatic rings. The maximum atomic E-state index is 12.8. The van der Waals surface area contributed by atoms with Crippen LogP contribution in [0.3, 0.4) is 0 Å². The van der Waals surface area contributed by atoms with Crippen LogP contribution >= 0.6 is 0 Å². The Bertz CT molecular complexity index is 904. The lowest BCUT2D eigenvalue weighted by molar-refractivity contribution is 0.0936. The molecule has 0 aliphatic heterocycles. The number of aryl methyl sites for hydroxylation is 1. The Morgan fingerprint density at radius 3 is 2.07 bits per heavy atom. The van der Waals surface area contributed by atoms with Gasteiger partial charge < -0.3 is 14.8 Å². The maximum Gasteiger partial charge on any atom is 0.253 e. The van der Waals surface area contributed by atoms with Crippen LogP contribution in [0.25, 0.3) is 0 Å². The van der Waals surface area contributed by atoms with Gasteiger partial charge in [0, 0.05) is 11.9 Å². The first-order valence-electron chi connectivity index (χ1n) is 9.09. The van der Waals surface area contributed by atoms with Gasteiger partial charge in [0.2, 0.25) is 0 Å². The number of ether oxygens (including phenoxy) is 2. The highest BCUT2D eigenvalue weighted by Crippen LogP contribution is 2.23. The number of carbonyl (C=O) groups is 1. The van der Waals surface area contributed by atoms with E-state index in [2.05, 4.69) is 10.3 Å². The van der Waals surface area contributed by atoms with Gasteiger partial charge in [0.1, 0.15) is 11.5 Å². The van der Waals surface area contributed by atoms with Crippen molar-refractivity contribution in [3.8, 4) is 11.5 Å². The third-order valence-electron chi connectivity index (χ3n) is 4.60. The minimum atomic E-state index is -0.187. The zero-order chi connectivity index (χ0) is 19.9. The lowest BCUT2D eigenvalue weighted by Gasteiger charge is -2.20. The number of pyridine rings is 1. The van der Waals surface area contributed by atoms with Gasteiger partial charge in [-0.25, -0.2) is 0 Å².